The normalized spacial score (nSPS) is 19.9. The SMILES string of the molecule is CC1(C(NN)c2cc3ccccc3o2)CC1. The molecule has 1 aromatic carbocycles. The molecule has 1 heterocycles. The molecule has 3 nitrogen and oxygen atoms in total. The Kier molecular flexibility index (Phi) is 2.06. The monoisotopic (exact) mass is 216 g/mol. The zero-order valence-corrected chi connectivity index (χ0v) is 9.36. The Balaban J connectivity index is 2.04. The molecule has 1 saturated carbocycles. The first-order valence-corrected chi connectivity index (χ1v) is 5.67. The standard InChI is InChI=1S/C13H16N2O/c1-13(6-7-13)12(15-14)11-8-9-4-2-3-5-10(9)16-11/h2-5,8,12,15H,6-7,14H2,1H3. The van der Waals surface area contributed by atoms with E-state index in [1.54, 1.807) is 0 Å². The van der Waals surface area contributed by atoms with E-state index >= 15 is 0 Å². The van der Waals surface area contributed by atoms with E-state index in [-0.39, 0.29) is 11.5 Å². The van der Waals surface area contributed by atoms with Crippen LogP contribution in [0.15, 0.2) is 34.7 Å². The maximum absolute atomic E-state index is 5.85. The number of benzene rings is 1. The Morgan fingerprint density at radius 3 is 2.75 bits per heavy atom. The second-order valence-corrected chi connectivity index (χ2v) is 4.94. The maximum Gasteiger partial charge on any atom is 0.134 e. The highest BCUT2D eigenvalue weighted by Crippen LogP contribution is 2.54. The van der Waals surface area contributed by atoms with Crippen LogP contribution in [-0.4, -0.2) is 0 Å². The summed E-state index contributed by atoms with van der Waals surface area (Å²) in [6.07, 6.45) is 2.41. The summed E-state index contributed by atoms with van der Waals surface area (Å²) in [7, 11) is 0. The van der Waals surface area contributed by atoms with Gasteiger partial charge in [0.15, 0.2) is 0 Å². The second-order valence-electron chi connectivity index (χ2n) is 4.94. The van der Waals surface area contributed by atoms with Gasteiger partial charge in [0.2, 0.25) is 0 Å². The first-order chi connectivity index (χ1) is 7.73. The molecule has 1 aliphatic rings. The van der Waals surface area contributed by atoms with Crippen molar-refractivity contribution < 1.29 is 4.42 Å². The van der Waals surface area contributed by atoms with Gasteiger partial charge in [-0.2, -0.15) is 0 Å². The van der Waals surface area contributed by atoms with Gasteiger partial charge in [0.05, 0.1) is 6.04 Å². The smallest absolute Gasteiger partial charge is 0.134 e. The van der Waals surface area contributed by atoms with Crippen LogP contribution in [0.25, 0.3) is 11.0 Å². The van der Waals surface area contributed by atoms with Crippen LogP contribution in [-0.2, 0) is 0 Å². The molecular formula is C13H16N2O. The third-order valence-electron chi connectivity index (χ3n) is 3.63. The van der Waals surface area contributed by atoms with Gasteiger partial charge >= 0.3 is 0 Å². The summed E-state index contributed by atoms with van der Waals surface area (Å²) in [5, 5.41) is 1.14. The number of nitrogens with two attached hydrogens (primary N) is 1. The predicted octanol–water partition coefficient (Wildman–Crippen LogP) is 2.74. The van der Waals surface area contributed by atoms with Gasteiger partial charge in [0, 0.05) is 5.39 Å². The quantitative estimate of drug-likeness (QED) is 0.612. The molecule has 3 heteroatoms. The first-order valence-electron chi connectivity index (χ1n) is 5.67. The fraction of sp³-hybridized carbons (Fsp3) is 0.385. The maximum atomic E-state index is 5.85. The van der Waals surface area contributed by atoms with Gasteiger partial charge in [-0.15, -0.1) is 0 Å². The molecule has 1 unspecified atom stereocenters. The zero-order chi connectivity index (χ0) is 11.2. The van der Waals surface area contributed by atoms with Crippen LogP contribution in [0.1, 0.15) is 31.6 Å². The van der Waals surface area contributed by atoms with E-state index in [0.717, 1.165) is 16.7 Å². The van der Waals surface area contributed by atoms with Crippen molar-refractivity contribution in [2.45, 2.75) is 25.8 Å². The molecule has 2 aromatic rings. The topological polar surface area (TPSA) is 51.2 Å². The molecule has 0 bridgehead atoms. The van der Waals surface area contributed by atoms with E-state index in [4.69, 9.17) is 10.3 Å². The molecule has 1 atom stereocenters. The van der Waals surface area contributed by atoms with Crippen LogP contribution in [0.4, 0.5) is 0 Å². The summed E-state index contributed by atoms with van der Waals surface area (Å²) in [4.78, 5) is 0. The molecule has 3 rings (SSSR count). The van der Waals surface area contributed by atoms with Gasteiger partial charge in [-0.25, -0.2) is 5.43 Å². The first kappa shape index (κ1) is 9.87. The Labute approximate surface area is 94.6 Å². The number of hydrogen-bond acceptors (Lipinski definition) is 3. The van der Waals surface area contributed by atoms with Gasteiger partial charge in [0.25, 0.3) is 0 Å². The Morgan fingerprint density at radius 1 is 1.38 bits per heavy atom. The molecule has 1 aromatic heterocycles. The molecule has 16 heavy (non-hydrogen) atoms. The summed E-state index contributed by atoms with van der Waals surface area (Å²) in [5.41, 5.74) is 4.09. The van der Waals surface area contributed by atoms with Crippen molar-refractivity contribution in [3.8, 4) is 0 Å². The van der Waals surface area contributed by atoms with Crippen LogP contribution < -0.4 is 11.3 Å². The molecule has 0 aliphatic heterocycles. The number of fused-ring (bicyclic) bond motifs is 1. The van der Waals surface area contributed by atoms with Gasteiger partial charge in [0.1, 0.15) is 11.3 Å². The van der Waals surface area contributed by atoms with Crippen LogP contribution >= 0.6 is 0 Å². The number of furan rings is 1. The van der Waals surface area contributed by atoms with E-state index in [0.29, 0.717) is 0 Å². The van der Waals surface area contributed by atoms with E-state index in [9.17, 15) is 0 Å². The number of hydrazine groups is 1. The Morgan fingerprint density at radius 2 is 2.12 bits per heavy atom. The van der Waals surface area contributed by atoms with Gasteiger partial charge in [-0.1, -0.05) is 25.1 Å². The molecule has 1 aliphatic carbocycles. The van der Waals surface area contributed by atoms with E-state index < -0.39 is 0 Å². The lowest BCUT2D eigenvalue weighted by atomic mass is 9.97. The van der Waals surface area contributed by atoms with E-state index in [1.807, 2.05) is 18.2 Å². The zero-order valence-electron chi connectivity index (χ0n) is 9.36. The van der Waals surface area contributed by atoms with Crippen LogP contribution in [0.5, 0.6) is 0 Å². The van der Waals surface area contributed by atoms with E-state index in [2.05, 4.69) is 24.5 Å². The molecule has 1 fully saturated rings. The lowest BCUT2D eigenvalue weighted by molar-refractivity contribution is 0.320. The fourth-order valence-electron chi connectivity index (χ4n) is 2.26. The third-order valence-corrected chi connectivity index (χ3v) is 3.63. The summed E-state index contributed by atoms with van der Waals surface area (Å²) < 4.78 is 5.85. The summed E-state index contributed by atoms with van der Waals surface area (Å²) >= 11 is 0. The molecule has 0 saturated heterocycles. The van der Waals surface area contributed by atoms with Gasteiger partial charge in [-0.3, -0.25) is 5.84 Å². The predicted molar refractivity (Wildman–Crippen MR) is 63.6 cm³/mol. The Bertz CT molecular complexity index is 480. The average Bonchev–Trinajstić information content (AvgIpc) is 2.89. The lowest BCUT2D eigenvalue weighted by Crippen LogP contribution is -2.33. The number of para-hydroxylation sites is 1. The summed E-state index contributed by atoms with van der Waals surface area (Å²) in [5.74, 6) is 6.59. The van der Waals surface area contributed by atoms with Crippen LogP contribution in [0, 0.1) is 5.41 Å². The summed E-state index contributed by atoms with van der Waals surface area (Å²) in [6.45, 7) is 2.24. The summed E-state index contributed by atoms with van der Waals surface area (Å²) in [6, 6.07) is 10.3. The Hall–Kier alpha value is -1.32. The largest absolute Gasteiger partial charge is 0.459 e. The number of rotatable bonds is 3. The number of nitrogens with one attached hydrogen (secondary N) is 1. The lowest BCUT2D eigenvalue weighted by Gasteiger charge is -2.19. The van der Waals surface area contributed by atoms with Crippen LogP contribution in [0.2, 0.25) is 0 Å². The van der Waals surface area contributed by atoms with Crippen molar-refractivity contribution >= 4 is 11.0 Å². The molecule has 0 radical (unpaired) electrons. The van der Waals surface area contributed by atoms with Crippen molar-refractivity contribution in [1.29, 1.82) is 0 Å². The average molecular weight is 216 g/mol. The molecule has 84 valence electrons. The fourth-order valence-corrected chi connectivity index (χ4v) is 2.26. The van der Waals surface area contributed by atoms with Crippen molar-refractivity contribution in [3.05, 3.63) is 36.1 Å². The second kappa shape index (κ2) is 3.34. The van der Waals surface area contributed by atoms with Crippen molar-refractivity contribution in [2.24, 2.45) is 11.3 Å². The molecular weight excluding hydrogens is 200 g/mol. The molecule has 0 spiro atoms. The highest BCUT2D eigenvalue weighted by molar-refractivity contribution is 5.77. The third kappa shape index (κ3) is 1.44. The highest BCUT2D eigenvalue weighted by atomic mass is 16.3. The van der Waals surface area contributed by atoms with E-state index in [1.165, 1.54) is 12.8 Å². The minimum atomic E-state index is 0.125. The van der Waals surface area contributed by atoms with Crippen molar-refractivity contribution in [1.82, 2.24) is 5.43 Å². The molecule has 0 amide bonds. The van der Waals surface area contributed by atoms with Gasteiger partial charge < -0.3 is 4.42 Å². The highest BCUT2D eigenvalue weighted by Gasteiger charge is 2.46. The van der Waals surface area contributed by atoms with Gasteiger partial charge in [-0.05, 0) is 30.4 Å². The van der Waals surface area contributed by atoms with Crippen LogP contribution in [0.3, 0.4) is 0 Å². The minimum absolute atomic E-state index is 0.125. The molecule has 3 N–H and O–H groups in total. The van der Waals surface area contributed by atoms with Crippen molar-refractivity contribution in [3.63, 3.8) is 0 Å². The van der Waals surface area contributed by atoms with Crippen molar-refractivity contribution in [2.75, 3.05) is 0 Å². The minimum Gasteiger partial charge on any atom is -0.459 e. The number of hydrogen-bond donors (Lipinski definition) is 2.